The molecule has 2 rings (SSSR count). The molecule has 0 atom stereocenters. The lowest BCUT2D eigenvalue weighted by molar-refractivity contribution is -0.131. The molecule has 0 aliphatic rings. The van der Waals surface area contributed by atoms with Gasteiger partial charge < -0.3 is 16.0 Å². The highest BCUT2D eigenvalue weighted by Gasteiger charge is 2.09. The molecule has 0 saturated carbocycles. The predicted octanol–water partition coefficient (Wildman–Crippen LogP) is 1.46. The zero-order chi connectivity index (χ0) is 19.6. The normalized spacial score (nSPS) is 10.6. The number of amides is 2. The van der Waals surface area contributed by atoms with Crippen LogP contribution in [-0.4, -0.2) is 53.6 Å². The van der Waals surface area contributed by atoms with E-state index in [-0.39, 0.29) is 30.7 Å². The number of nitrogens with one attached hydrogen (secondary N) is 2. The number of rotatable bonds is 10. The van der Waals surface area contributed by atoms with Crippen molar-refractivity contribution < 1.29 is 14.0 Å². The number of hydrogen-bond donors (Lipinski definition) is 3. The van der Waals surface area contributed by atoms with E-state index in [1.165, 1.54) is 12.1 Å². The van der Waals surface area contributed by atoms with Gasteiger partial charge >= 0.3 is 0 Å². The number of likely N-dealkylation sites (N-methyl/N-ethyl adjacent to an activating group) is 1. The Balaban J connectivity index is 1.65. The highest BCUT2D eigenvalue weighted by atomic mass is 19.1. The second-order valence-electron chi connectivity index (χ2n) is 6.39. The molecule has 0 spiro atoms. The lowest BCUT2D eigenvalue weighted by Crippen LogP contribution is -2.40. The van der Waals surface area contributed by atoms with E-state index in [1.807, 2.05) is 6.07 Å². The topological polar surface area (TPSA) is 104 Å². The molecule has 4 N–H and O–H groups in total. The molecule has 1 aromatic heterocycles. The summed E-state index contributed by atoms with van der Waals surface area (Å²) in [7, 11) is 1.72. The predicted molar refractivity (Wildman–Crippen MR) is 101 cm³/mol. The molecule has 1 aromatic carbocycles. The largest absolute Gasteiger partial charge is 0.346 e. The quantitative estimate of drug-likeness (QED) is 0.547. The van der Waals surface area contributed by atoms with Gasteiger partial charge in [-0.2, -0.15) is 5.10 Å². The first kappa shape index (κ1) is 20.6. The van der Waals surface area contributed by atoms with Gasteiger partial charge in [0.1, 0.15) is 5.82 Å². The minimum absolute atomic E-state index is 0.0210. The minimum atomic E-state index is -0.337. The second-order valence-corrected chi connectivity index (χ2v) is 6.39. The van der Waals surface area contributed by atoms with Crippen molar-refractivity contribution in [2.24, 2.45) is 5.73 Å². The highest BCUT2D eigenvalue weighted by Crippen LogP contribution is 2.18. The Labute approximate surface area is 158 Å². The molecule has 1 heterocycles. The van der Waals surface area contributed by atoms with Crippen molar-refractivity contribution in [2.45, 2.75) is 25.7 Å². The summed E-state index contributed by atoms with van der Waals surface area (Å²) in [5.41, 5.74) is 7.88. The van der Waals surface area contributed by atoms with Crippen molar-refractivity contribution in [1.82, 2.24) is 20.4 Å². The van der Waals surface area contributed by atoms with E-state index in [1.54, 1.807) is 24.1 Å². The molecular formula is C19H26FN5O2. The van der Waals surface area contributed by atoms with Gasteiger partial charge in [-0.1, -0.05) is 6.42 Å². The van der Waals surface area contributed by atoms with Crippen molar-refractivity contribution in [3.05, 3.63) is 41.8 Å². The van der Waals surface area contributed by atoms with Crippen molar-refractivity contribution >= 4 is 11.8 Å². The van der Waals surface area contributed by atoms with Crippen molar-refractivity contribution in [1.29, 1.82) is 0 Å². The summed E-state index contributed by atoms with van der Waals surface area (Å²) in [6.45, 7) is 0.501. The van der Waals surface area contributed by atoms with Crippen LogP contribution >= 0.6 is 0 Å². The van der Waals surface area contributed by atoms with Crippen LogP contribution in [0.5, 0.6) is 0 Å². The van der Waals surface area contributed by atoms with E-state index in [9.17, 15) is 14.0 Å². The number of nitrogens with two attached hydrogens (primary N) is 1. The van der Waals surface area contributed by atoms with Gasteiger partial charge in [0.25, 0.3) is 0 Å². The van der Waals surface area contributed by atoms with E-state index >= 15 is 0 Å². The summed E-state index contributed by atoms with van der Waals surface area (Å²) in [6.07, 6.45) is 3.68. The first-order valence-corrected chi connectivity index (χ1v) is 9.00. The Morgan fingerprint density at radius 1 is 1.22 bits per heavy atom. The fraction of sp³-hybridized carbons (Fsp3) is 0.421. The summed E-state index contributed by atoms with van der Waals surface area (Å²) in [5, 5.41) is 9.74. The Morgan fingerprint density at radius 3 is 2.67 bits per heavy atom. The summed E-state index contributed by atoms with van der Waals surface area (Å²) in [4.78, 5) is 24.5. The second kappa shape index (κ2) is 10.4. The number of hydrogen-bond acceptors (Lipinski definition) is 4. The Morgan fingerprint density at radius 2 is 1.96 bits per heavy atom. The van der Waals surface area contributed by atoms with Crippen LogP contribution in [-0.2, 0) is 16.0 Å². The van der Waals surface area contributed by atoms with Gasteiger partial charge in [-0.3, -0.25) is 14.7 Å². The third-order valence-corrected chi connectivity index (χ3v) is 4.26. The fourth-order valence-corrected chi connectivity index (χ4v) is 2.61. The van der Waals surface area contributed by atoms with Crippen LogP contribution < -0.4 is 11.1 Å². The molecule has 0 unspecified atom stereocenters. The van der Waals surface area contributed by atoms with Crippen molar-refractivity contribution in [2.75, 3.05) is 26.7 Å². The maximum Gasteiger partial charge on any atom is 0.241 e. The SMILES string of the molecule is CN(CCCCCc1cc(-c2ccc(F)cc2)n[nH]1)C(=O)CNC(=O)CN. The summed E-state index contributed by atoms with van der Waals surface area (Å²) < 4.78 is 13.0. The number of halogens is 1. The van der Waals surface area contributed by atoms with Crippen LogP contribution in [0.1, 0.15) is 25.0 Å². The zero-order valence-corrected chi connectivity index (χ0v) is 15.5. The van der Waals surface area contributed by atoms with Crippen molar-refractivity contribution in [3.8, 4) is 11.3 Å². The molecule has 0 aliphatic carbocycles. The summed E-state index contributed by atoms with van der Waals surface area (Å²) in [6, 6.07) is 8.23. The van der Waals surface area contributed by atoms with E-state index in [4.69, 9.17) is 5.73 Å². The number of aryl methyl sites for hydroxylation is 1. The van der Waals surface area contributed by atoms with E-state index in [0.29, 0.717) is 6.54 Å². The lowest BCUT2D eigenvalue weighted by Gasteiger charge is -2.17. The molecular weight excluding hydrogens is 349 g/mol. The van der Waals surface area contributed by atoms with Gasteiger partial charge in [-0.05, 0) is 49.6 Å². The van der Waals surface area contributed by atoms with Gasteiger partial charge in [0.15, 0.2) is 0 Å². The van der Waals surface area contributed by atoms with Gasteiger partial charge in [0, 0.05) is 24.8 Å². The first-order chi connectivity index (χ1) is 13.0. The molecule has 0 radical (unpaired) electrons. The maximum atomic E-state index is 13.0. The fourth-order valence-electron chi connectivity index (χ4n) is 2.61. The maximum absolute atomic E-state index is 13.0. The zero-order valence-electron chi connectivity index (χ0n) is 15.5. The number of H-pyrrole nitrogens is 1. The molecule has 0 saturated heterocycles. The monoisotopic (exact) mass is 375 g/mol. The number of carbonyl (C=O) groups is 2. The number of unbranched alkanes of at least 4 members (excludes halogenated alkanes) is 2. The highest BCUT2D eigenvalue weighted by molar-refractivity contribution is 5.85. The molecule has 0 bridgehead atoms. The Kier molecular flexibility index (Phi) is 7.94. The average Bonchev–Trinajstić information content (AvgIpc) is 3.14. The molecule has 7 nitrogen and oxygen atoms in total. The molecule has 8 heteroatoms. The number of aromatic nitrogens is 2. The van der Waals surface area contributed by atoms with Crippen molar-refractivity contribution in [3.63, 3.8) is 0 Å². The standard InChI is InChI=1S/C19H26FN5O2/c1-25(19(27)13-22-18(26)12-21)10-4-2-3-5-16-11-17(24-23-16)14-6-8-15(20)9-7-14/h6-9,11H,2-5,10,12-13,21H2,1H3,(H,22,26)(H,23,24). The Bertz CT molecular complexity index is 745. The molecule has 0 fully saturated rings. The third-order valence-electron chi connectivity index (χ3n) is 4.26. The first-order valence-electron chi connectivity index (χ1n) is 9.00. The van der Waals surface area contributed by atoms with Crippen LogP contribution in [0.15, 0.2) is 30.3 Å². The van der Waals surface area contributed by atoms with Crippen LogP contribution in [0.3, 0.4) is 0 Å². The number of aromatic amines is 1. The minimum Gasteiger partial charge on any atom is -0.346 e. The van der Waals surface area contributed by atoms with Crippen LogP contribution in [0.25, 0.3) is 11.3 Å². The lowest BCUT2D eigenvalue weighted by atomic mass is 10.1. The number of benzene rings is 1. The van der Waals surface area contributed by atoms with E-state index in [0.717, 1.165) is 42.6 Å². The smallest absolute Gasteiger partial charge is 0.241 e. The third kappa shape index (κ3) is 6.82. The van der Waals surface area contributed by atoms with Crippen LogP contribution in [0.2, 0.25) is 0 Å². The van der Waals surface area contributed by atoms with Gasteiger partial charge in [0.05, 0.1) is 18.8 Å². The van der Waals surface area contributed by atoms with Gasteiger partial charge in [0.2, 0.25) is 11.8 Å². The molecule has 146 valence electrons. The number of carbonyl (C=O) groups excluding carboxylic acids is 2. The summed E-state index contributed by atoms with van der Waals surface area (Å²) >= 11 is 0. The van der Waals surface area contributed by atoms with Crippen LogP contribution in [0.4, 0.5) is 4.39 Å². The van der Waals surface area contributed by atoms with Gasteiger partial charge in [-0.25, -0.2) is 4.39 Å². The summed E-state index contributed by atoms with van der Waals surface area (Å²) in [5.74, 6) is -0.731. The molecule has 0 aliphatic heterocycles. The van der Waals surface area contributed by atoms with E-state index in [2.05, 4.69) is 15.5 Å². The molecule has 2 amide bonds. The van der Waals surface area contributed by atoms with E-state index < -0.39 is 0 Å². The number of nitrogens with zero attached hydrogens (tertiary/aromatic N) is 2. The molecule has 2 aromatic rings. The molecule has 27 heavy (non-hydrogen) atoms. The van der Waals surface area contributed by atoms with Gasteiger partial charge in [-0.15, -0.1) is 0 Å². The average molecular weight is 375 g/mol. The van der Waals surface area contributed by atoms with Crippen LogP contribution in [0, 0.1) is 5.82 Å². The Hall–Kier alpha value is -2.74.